The van der Waals surface area contributed by atoms with Crippen LogP contribution in [0.2, 0.25) is 0 Å². The Balaban J connectivity index is 1.58. The summed E-state index contributed by atoms with van der Waals surface area (Å²) in [6.07, 6.45) is 3.46. The highest BCUT2D eigenvalue weighted by Crippen LogP contribution is 2.32. The van der Waals surface area contributed by atoms with E-state index >= 15 is 0 Å². The normalized spacial score (nSPS) is 16.1. The summed E-state index contributed by atoms with van der Waals surface area (Å²) in [6.45, 7) is 2.36. The van der Waals surface area contributed by atoms with Crippen LogP contribution < -0.4 is 4.90 Å². The van der Waals surface area contributed by atoms with Crippen LogP contribution >= 0.6 is 15.9 Å². The Bertz CT molecular complexity index is 1070. The summed E-state index contributed by atoms with van der Waals surface area (Å²) < 4.78 is 0.911. The summed E-state index contributed by atoms with van der Waals surface area (Å²) in [6, 6.07) is 10.7. The molecule has 1 aliphatic heterocycles. The Morgan fingerprint density at radius 1 is 1.29 bits per heavy atom. The lowest BCUT2D eigenvalue weighted by atomic mass is 10.0. The molecule has 1 aromatic carbocycles. The monoisotopic (exact) mass is 439 g/mol. The van der Waals surface area contributed by atoms with Gasteiger partial charge in [-0.2, -0.15) is 5.26 Å². The molecule has 1 aliphatic rings. The van der Waals surface area contributed by atoms with E-state index in [1.165, 1.54) is 0 Å². The SMILES string of the molecule is N#Cc1cccnc1N1CCN(C(C(=O)O)c2c[nH]c3ccc(Br)cc23)CC1. The zero-order valence-electron chi connectivity index (χ0n) is 15.0. The van der Waals surface area contributed by atoms with Crippen LogP contribution in [-0.4, -0.2) is 52.1 Å². The van der Waals surface area contributed by atoms with Crippen molar-refractivity contribution in [3.8, 4) is 6.07 Å². The van der Waals surface area contributed by atoms with Gasteiger partial charge in [0.15, 0.2) is 0 Å². The average Bonchev–Trinajstić information content (AvgIpc) is 3.11. The number of piperazine rings is 1. The second-order valence-electron chi connectivity index (χ2n) is 6.68. The lowest BCUT2D eigenvalue weighted by Crippen LogP contribution is -2.49. The molecule has 0 aliphatic carbocycles. The summed E-state index contributed by atoms with van der Waals surface area (Å²) >= 11 is 3.47. The van der Waals surface area contributed by atoms with E-state index < -0.39 is 12.0 Å². The first kappa shape index (κ1) is 18.5. The number of nitrogens with one attached hydrogen (secondary N) is 1. The minimum atomic E-state index is -0.870. The molecule has 8 heteroatoms. The summed E-state index contributed by atoms with van der Waals surface area (Å²) in [5.74, 6) is -0.211. The second-order valence-corrected chi connectivity index (χ2v) is 7.60. The number of carboxylic acid groups (broad SMARTS) is 1. The number of pyridine rings is 1. The Morgan fingerprint density at radius 2 is 2.07 bits per heavy atom. The Labute approximate surface area is 170 Å². The summed E-state index contributed by atoms with van der Waals surface area (Å²) in [5.41, 5.74) is 2.20. The topological polar surface area (TPSA) is 96.2 Å². The van der Waals surface area contributed by atoms with Gasteiger partial charge in [0.1, 0.15) is 17.9 Å². The van der Waals surface area contributed by atoms with Gasteiger partial charge in [0.25, 0.3) is 0 Å². The van der Waals surface area contributed by atoms with Gasteiger partial charge in [0.2, 0.25) is 0 Å². The molecule has 0 amide bonds. The van der Waals surface area contributed by atoms with Crippen LogP contribution in [0.5, 0.6) is 0 Å². The van der Waals surface area contributed by atoms with E-state index in [0.29, 0.717) is 37.6 Å². The van der Waals surface area contributed by atoms with Gasteiger partial charge in [-0.15, -0.1) is 0 Å². The molecule has 2 N–H and O–H groups in total. The molecule has 3 aromatic rings. The molecule has 3 heterocycles. The van der Waals surface area contributed by atoms with Crippen LogP contribution in [0.3, 0.4) is 0 Å². The van der Waals surface area contributed by atoms with Crippen molar-refractivity contribution in [1.82, 2.24) is 14.9 Å². The molecule has 7 nitrogen and oxygen atoms in total. The van der Waals surface area contributed by atoms with E-state index in [1.54, 1.807) is 24.5 Å². The first-order chi connectivity index (χ1) is 13.6. The number of fused-ring (bicyclic) bond motifs is 1. The molecule has 0 spiro atoms. The molecule has 1 saturated heterocycles. The highest BCUT2D eigenvalue weighted by atomic mass is 79.9. The number of anilines is 1. The highest BCUT2D eigenvalue weighted by Gasteiger charge is 2.32. The molecule has 2 aromatic heterocycles. The van der Waals surface area contributed by atoms with Gasteiger partial charge in [-0.3, -0.25) is 9.69 Å². The fourth-order valence-electron chi connectivity index (χ4n) is 3.75. The quantitative estimate of drug-likeness (QED) is 0.647. The predicted molar refractivity (Wildman–Crippen MR) is 109 cm³/mol. The van der Waals surface area contributed by atoms with Crippen LogP contribution in [0.1, 0.15) is 17.2 Å². The van der Waals surface area contributed by atoms with Gasteiger partial charge >= 0.3 is 5.97 Å². The first-order valence-electron chi connectivity index (χ1n) is 8.92. The summed E-state index contributed by atoms with van der Waals surface area (Å²) in [4.78, 5) is 23.7. The number of H-pyrrole nitrogens is 1. The van der Waals surface area contributed by atoms with Crippen LogP contribution in [0, 0.1) is 11.3 Å². The third kappa shape index (κ3) is 3.35. The van der Waals surface area contributed by atoms with Crippen molar-refractivity contribution in [2.24, 2.45) is 0 Å². The van der Waals surface area contributed by atoms with E-state index in [-0.39, 0.29) is 0 Å². The number of rotatable bonds is 4. The van der Waals surface area contributed by atoms with Crippen molar-refractivity contribution >= 4 is 38.6 Å². The maximum Gasteiger partial charge on any atom is 0.325 e. The zero-order valence-corrected chi connectivity index (χ0v) is 16.6. The molecule has 0 bridgehead atoms. The van der Waals surface area contributed by atoms with Crippen molar-refractivity contribution < 1.29 is 9.90 Å². The standard InChI is InChI=1S/C20H18BrN5O2/c21-14-3-4-17-15(10-14)16(12-24-17)18(20(27)28)25-6-8-26(9-7-25)19-13(11-22)2-1-5-23-19/h1-5,10,12,18,24H,6-9H2,(H,27,28). The number of carboxylic acids is 1. The number of carbonyl (C=O) groups is 1. The minimum Gasteiger partial charge on any atom is -0.480 e. The number of nitrogens with zero attached hydrogens (tertiary/aromatic N) is 4. The molecule has 0 saturated carbocycles. The number of aromatic amines is 1. The average molecular weight is 440 g/mol. The van der Waals surface area contributed by atoms with Crippen molar-refractivity contribution in [3.63, 3.8) is 0 Å². The zero-order chi connectivity index (χ0) is 19.7. The molecule has 1 fully saturated rings. The van der Waals surface area contributed by atoms with Crippen molar-refractivity contribution in [2.45, 2.75) is 6.04 Å². The summed E-state index contributed by atoms with van der Waals surface area (Å²) in [5, 5.41) is 20.2. The minimum absolute atomic E-state index is 0.534. The molecule has 0 radical (unpaired) electrons. The van der Waals surface area contributed by atoms with Gasteiger partial charge in [-0.1, -0.05) is 15.9 Å². The third-order valence-electron chi connectivity index (χ3n) is 5.09. The molecule has 1 unspecified atom stereocenters. The van der Waals surface area contributed by atoms with Gasteiger partial charge in [0.05, 0.1) is 5.56 Å². The van der Waals surface area contributed by atoms with Crippen LogP contribution in [0.4, 0.5) is 5.82 Å². The van der Waals surface area contributed by atoms with Gasteiger partial charge in [-0.25, -0.2) is 4.98 Å². The van der Waals surface area contributed by atoms with Crippen LogP contribution in [0.25, 0.3) is 10.9 Å². The molecule has 142 valence electrons. The van der Waals surface area contributed by atoms with Crippen molar-refractivity contribution in [1.29, 1.82) is 5.26 Å². The Hall–Kier alpha value is -2.89. The van der Waals surface area contributed by atoms with Gasteiger partial charge in [0, 0.05) is 59.5 Å². The maximum absolute atomic E-state index is 12.1. The van der Waals surface area contributed by atoms with E-state index in [0.717, 1.165) is 20.9 Å². The van der Waals surface area contributed by atoms with Gasteiger partial charge < -0.3 is 15.0 Å². The van der Waals surface area contributed by atoms with E-state index in [4.69, 9.17) is 0 Å². The lowest BCUT2D eigenvalue weighted by Gasteiger charge is -2.38. The number of hydrogen-bond donors (Lipinski definition) is 2. The first-order valence-corrected chi connectivity index (χ1v) is 9.71. The number of hydrogen-bond acceptors (Lipinski definition) is 5. The van der Waals surface area contributed by atoms with Crippen molar-refractivity contribution in [3.05, 3.63) is 58.3 Å². The number of aliphatic carboxylic acids is 1. The lowest BCUT2D eigenvalue weighted by molar-refractivity contribution is -0.143. The Kier molecular flexibility index (Phi) is 5.03. The van der Waals surface area contributed by atoms with E-state index in [1.807, 2.05) is 28.0 Å². The predicted octanol–water partition coefficient (Wildman–Crippen LogP) is 3.14. The number of aromatic nitrogens is 2. The van der Waals surface area contributed by atoms with Crippen LogP contribution in [0.15, 0.2) is 47.2 Å². The fraction of sp³-hybridized carbons (Fsp3) is 0.250. The molecule has 28 heavy (non-hydrogen) atoms. The number of halogens is 1. The highest BCUT2D eigenvalue weighted by molar-refractivity contribution is 9.10. The smallest absolute Gasteiger partial charge is 0.325 e. The molecular formula is C20H18BrN5O2. The molecular weight excluding hydrogens is 422 g/mol. The molecule has 4 rings (SSSR count). The maximum atomic E-state index is 12.1. The summed E-state index contributed by atoms with van der Waals surface area (Å²) in [7, 11) is 0. The fourth-order valence-corrected chi connectivity index (χ4v) is 4.12. The van der Waals surface area contributed by atoms with E-state index in [9.17, 15) is 15.2 Å². The molecule has 1 atom stereocenters. The van der Waals surface area contributed by atoms with Gasteiger partial charge in [-0.05, 0) is 30.3 Å². The number of nitriles is 1. The largest absolute Gasteiger partial charge is 0.480 e. The number of benzene rings is 1. The van der Waals surface area contributed by atoms with E-state index in [2.05, 4.69) is 32.0 Å². The van der Waals surface area contributed by atoms with Crippen LogP contribution in [-0.2, 0) is 4.79 Å². The third-order valence-corrected chi connectivity index (χ3v) is 5.58. The van der Waals surface area contributed by atoms with Crippen molar-refractivity contribution in [2.75, 3.05) is 31.1 Å². The second kappa shape index (κ2) is 7.62. The Morgan fingerprint density at radius 3 is 2.79 bits per heavy atom.